The van der Waals surface area contributed by atoms with Gasteiger partial charge < -0.3 is 10.6 Å². The Balaban J connectivity index is 1.61. The van der Waals surface area contributed by atoms with Gasteiger partial charge in [-0.1, -0.05) is 43.0 Å². The number of carbonyl (C=O) groups is 2. The standard InChI is InChI=1S/C17H23ClN2O2/c18-15-8-6-13(7-9-15)10-11-19-16(21)12-20-17(22)14-4-2-1-3-5-14/h6-9,14H,1-5,10-12H2,(H,19,21)(H,20,22). The number of benzene rings is 1. The first-order chi connectivity index (χ1) is 10.6. The lowest BCUT2D eigenvalue weighted by atomic mass is 9.89. The van der Waals surface area contributed by atoms with Crippen molar-refractivity contribution in [1.29, 1.82) is 0 Å². The van der Waals surface area contributed by atoms with Gasteiger partial charge >= 0.3 is 0 Å². The van der Waals surface area contributed by atoms with Crippen LogP contribution >= 0.6 is 11.6 Å². The van der Waals surface area contributed by atoms with Gasteiger partial charge in [0.05, 0.1) is 6.54 Å². The largest absolute Gasteiger partial charge is 0.354 e. The molecule has 0 aliphatic heterocycles. The molecule has 1 fully saturated rings. The third kappa shape index (κ3) is 5.68. The van der Waals surface area contributed by atoms with Crippen molar-refractivity contribution < 1.29 is 9.59 Å². The van der Waals surface area contributed by atoms with Crippen LogP contribution in [0.3, 0.4) is 0 Å². The number of hydrogen-bond acceptors (Lipinski definition) is 2. The first-order valence-corrected chi connectivity index (χ1v) is 8.32. The van der Waals surface area contributed by atoms with Gasteiger partial charge in [-0.05, 0) is 37.0 Å². The summed E-state index contributed by atoms with van der Waals surface area (Å²) in [6, 6.07) is 7.56. The Labute approximate surface area is 136 Å². The lowest BCUT2D eigenvalue weighted by Gasteiger charge is -2.20. The summed E-state index contributed by atoms with van der Waals surface area (Å²) in [7, 11) is 0. The monoisotopic (exact) mass is 322 g/mol. The zero-order valence-corrected chi connectivity index (χ0v) is 13.5. The van der Waals surface area contributed by atoms with Gasteiger partial charge in [-0.2, -0.15) is 0 Å². The molecule has 1 aliphatic rings. The summed E-state index contributed by atoms with van der Waals surface area (Å²) < 4.78 is 0. The van der Waals surface area contributed by atoms with Crippen molar-refractivity contribution in [2.75, 3.05) is 13.1 Å². The molecule has 1 saturated carbocycles. The average Bonchev–Trinajstić information content (AvgIpc) is 2.55. The summed E-state index contributed by atoms with van der Waals surface area (Å²) in [5, 5.41) is 6.26. The molecule has 0 radical (unpaired) electrons. The quantitative estimate of drug-likeness (QED) is 0.846. The third-order valence-electron chi connectivity index (χ3n) is 4.05. The molecule has 0 spiro atoms. The highest BCUT2D eigenvalue weighted by molar-refractivity contribution is 6.30. The summed E-state index contributed by atoms with van der Waals surface area (Å²) >= 11 is 5.82. The topological polar surface area (TPSA) is 58.2 Å². The Kier molecular flexibility index (Phi) is 6.72. The molecule has 1 aromatic rings. The van der Waals surface area contributed by atoms with Gasteiger partial charge in [0.1, 0.15) is 0 Å². The molecule has 0 unspecified atom stereocenters. The second kappa shape index (κ2) is 8.79. The highest BCUT2D eigenvalue weighted by Gasteiger charge is 2.21. The van der Waals surface area contributed by atoms with Gasteiger partial charge in [-0.25, -0.2) is 0 Å². The van der Waals surface area contributed by atoms with Crippen LogP contribution in [0.2, 0.25) is 5.02 Å². The molecule has 120 valence electrons. The fourth-order valence-corrected chi connectivity index (χ4v) is 2.86. The molecule has 1 aromatic carbocycles. The Hall–Kier alpha value is -1.55. The van der Waals surface area contributed by atoms with E-state index in [-0.39, 0.29) is 24.3 Å². The van der Waals surface area contributed by atoms with E-state index in [1.807, 2.05) is 24.3 Å². The van der Waals surface area contributed by atoms with Crippen LogP contribution < -0.4 is 10.6 Å². The van der Waals surface area contributed by atoms with Gasteiger partial charge in [0, 0.05) is 17.5 Å². The number of nitrogens with one attached hydrogen (secondary N) is 2. The van der Waals surface area contributed by atoms with E-state index in [1.54, 1.807) is 0 Å². The minimum Gasteiger partial charge on any atom is -0.354 e. The van der Waals surface area contributed by atoms with E-state index >= 15 is 0 Å². The molecule has 4 nitrogen and oxygen atoms in total. The lowest BCUT2D eigenvalue weighted by molar-refractivity contribution is -0.129. The Morgan fingerprint density at radius 3 is 2.41 bits per heavy atom. The maximum absolute atomic E-state index is 11.9. The second-order valence-electron chi connectivity index (χ2n) is 5.78. The van der Waals surface area contributed by atoms with E-state index in [4.69, 9.17) is 11.6 Å². The summed E-state index contributed by atoms with van der Waals surface area (Å²) in [5.41, 5.74) is 1.12. The van der Waals surface area contributed by atoms with E-state index in [9.17, 15) is 9.59 Å². The number of amides is 2. The lowest BCUT2D eigenvalue weighted by Crippen LogP contribution is -2.40. The third-order valence-corrected chi connectivity index (χ3v) is 4.30. The van der Waals surface area contributed by atoms with Crippen molar-refractivity contribution in [3.63, 3.8) is 0 Å². The SMILES string of the molecule is O=C(CNC(=O)C1CCCCC1)NCCc1ccc(Cl)cc1. The summed E-state index contributed by atoms with van der Waals surface area (Å²) in [4.78, 5) is 23.7. The van der Waals surface area contributed by atoms with Gasteiger partial charge in [0.2, 0.25) is 11.8 Å². The Morgan fingerprint density at radius 2 is 1.73 bits per heavy atom. The number of rotatable bonds is 6. The van der Waals surface area contributed by atoms with Crippen molar-refractivity contribution in [2.24, 2.45) is 5.92 Å². The van der Waals surface area contributed by atoms with Crippen molar-refractivity contribution in [3.8, 4) is 0 Å². The average molecular weight is 323 g/mol. The molecule has 5 heteroatoms. The predicted molar refractivity (Wildman–Crippen MR) is 87.8 cm³/mol. The van der Waals surface area contributed by atoms with E-state index < -0.39 is 0 Å². The highest BCUT2D eigenvalue weighted by Crippen LogP contribution is 2.23. The second-order valence-corrected chi connectivity index (χ2v) is 6.22. The van der Waals surface area contributed by atoms with E-state index in [1.165, 1.54) is 6.42 Å². The smallest absolute Gasteiger partial charge is 0.239 e. The van der Waals surface area contributed by atoms with Crippen LogP contribution in [-0.4, -0.2) is 24.9 Å². The van der Waals surface area contributed by atoms with Gasteiger partial charge in [-0.3, -0.25) is 9.59 Å². The van der Waals surface area contributed by atoms with E-state index in [0.29, 0.717) is 11.6 Å². The normalized spacial score (nSPS) is 15.3. The molecule has 2 rings (SSSR count). The van der Waals surface area contributed by atoms with Gasteiger partial charge in [0.15, 0.2) is 0 Å². The Morgan fingerprint density at radius 1 is 1.05 bits per heavy atom. The molecular weight excluding hydrogens is 300 g/mol. The zero-order valence-electron chi connectivity index (χ0n) is 12.7. The van der Waals surface area contributed by atoms with Crippen molar-refractivity contribution in [1.82, 2.24) is 10.6 Å². The van der Waals surface area contributed by atoms with E-state index in [0.717, 1.165) is 37.7 Å². The molecule has 0 heterocycles. The van der Waals surface area contributed by atoms with Crippen LogP contribution in [0.15, 0.2) is 24.3 Å². The molecule has 2 amide bonds. The summed E-state index contributed by atoms with van der Waals surface area (Å²) in [5.74, 6) is -0.0266. The van der Waals surface area contributed by atoms with Crippen LogP contribution in [0.5, 0.6) is 0 Å². The van der Waals surface area contributed by atoms with Crippen LogP contribution in [0, 0.1) is 5.92 Å². The molecule has 22 heavy (non-hydrogen) atoms. The highest BCUT2D eigenvalue weighted by atomic mass is 35.5. The zero-order chi connectivity index (χ0) is 15.8. The van der Waals surface area contributed by atoms with Crippen molar-refractivity contribution in [2.45, 2.75) is 38.5 Å². The van der Waals surface area contributed by atoms with Gasteiger partial charge in [0.25, 0.3) is 0 Å². The molecule has 1 aliphatic carbocycles. The fraction of sp³-hybridized carbons (Fsp3) is 0.529. The minimum atomic E-state index is -0.141. The van der Waals surface area contributed by atoms with E-state index in [2.05, 4.69) is 10.6 Å². The molecule has 0 aromatic heterocycles. The van der Waals surface area contributed by atoms with Crippen LogP contribution in [0.25, 0.3) is 0 Å². The van der Waals surface area contributed by atoms with Crippen molar-refractivity contribution >= 4 is 23.4 Å². The molecular formula is C17H23ClN2O2. The first-order valence-electron chi connectivity index (χ1n) is 7.94. The molecule has 2 N–H and O–H groups in total. The number of halogens is 1. The maximum atomic E-state index is 11.9. The fourth-order valence-electron chi connectivity index (χ4n) is 2.74. The molecule has 0 atom stereocenters. The van der Waals surface area contributed by atoms with Crippen LogP contribution in [-0.2, 0) is 16.0 Å². The summed E-state index contributed by atoms with van der Waals surface area (Å²) in [6.07, 6.45) is 6.10. The Bertz CT molecular complexity index is 496. The molecule has 0 saturated heterocycles. The predicted octanol–water partition coefficient (Wildman–Crippen LogP) is 2.70. The molecule has 0 bridgehead atoms. The van der Waals surface area contributed by atoms with Crippen LogP contribution in [0.1, 0.15) is 37.7 Å². The maximum Gasteiger partial charge on any atom is 0.239 e. The number of carbonyl (C=O) groups excluding carboxylic acids is 2. The first kappa shape index (κ1) is 16.8. The minimum absolute atomic E-state index is 0.0209. The van der Waals surface area contributed by atoms with Crippen molar-refractivity contribution in [3.05, 3.63) is 34.9 Å². The van der Waals surface area contributed by atoms with Gasteiger partial charge in [-0.15, -0.1) is 0 Å². The summed E-state index contributed by atoms with van der Waals surface area (Å²) in [6.45, 7) is 0.621. The number of hydrogen-bond donors (Lipinski definition) is 2. The van der Waals surface area contributed by atoms with Crippen LogP contribution in [0.4, 0.5) is 0 Å².